The van der Waals surface area contributed by atoms with Gasteiger partial charge in [0.25, 0.3) is 11.8 Å². The molecule has 2 aliphatic rings. The van der Waals surface area contributed by atoms with Crippen LogP contribution < -0.4 is 10.1 Å². The number of benzene rings is 2. The molecule has 0 bridgehead atoms. The van der Waals surface area contributed by atoms with Gasteiger partial charge in [0.2, 0.25) is 0 Å². The zero-order valence-corrected chi connectivity index (χ0v) is 18.5. The molecule has 1 fully saturated rings. The standard InChI is InChI=1S/C25H29N3O4/c1-18(2)32-21-10-8-20(9-11-21)26-23-22(19-6-4-3-5-7-19)24(29)28(25(23)30)13-12-27-14-16-31-17-15-27/h3-11,18,26H,12-17H2,1-2H3. The maximum atomic E-state index is 13.3. The Kier molecular flexibility index (Phi) is 6.87. The van der Waals surface area contributed by atoms with E-state index in [1.807, 2.05) is 68.4 Å². The number of ether oxygens (including phenoxy) is 2. The van der Waals surface area contributed by atoms with Crippen molar-refractivity contribution in [2.45, 2.75) is 20.0 Å². The van der Waals surface area contributed by atoms with Crippen LogP contribution in [0.1, 0.15) is 19.4 Å². The largest absolute Gasteiger partial charge is 0.491 e. The predicted octanol–water partition coefficient (Wildman–Crippen LogP) is 3.00. The highest BCUT2D eigenvalue weighted by Gasteiger charge is 2.39. The summed E-state index contributed by atoms with van der Waals surface area (Å²) in [6, 6.07) is 16.7. The molecule has 2 aromatic carbocycles. The van der Waals surface area contributed by atoms with Crippen molar-refractivity contribution >= 4 is 23.1 Å². The van der Waals surface area contributed by atoms with Gasteiger partial charge in [-0.25, -0.2) is 0 Å². The smallest absolute Gasteiger partial charge is 0.278 e. The quantitative estimate of drug-likeness (QED) is 0.643. The summed E-state index contributed by atoms with van der Waals surface area (Å²) in [5.41, 5.74) is 2.16. The molecule has 2 aliphatic heterocycles. The number of hydrogen-bond acceptors (Lipinski definition) is 6. The maximum Gasteiger partial charge on any atom is 0.278 e. The molecular weight excluding hydrogens is 406 g/mol. The van der Waals surface area contributed by atoms with E-state index in [1.54, 1.807) is 0 Å². The fraction of sp³-hybridized carbons (Fsp3) is 0.360. The van der Waals surface area contributed by atoms with Crippen molar-refractivity contribution < 1.29 is 19.1 Å². The highest BCUT2D eigenvalue weighted by molar-refractivity contribution is 6.36. The molecule has 4 rings (SSSR count). The van der Waals surface area contributed by atoms with Gasteiger partial charge in [0.1, 0.15) is 11.4 Å². The Morgan fingerprint density at radius 2 is 1.62 bits per heavy atom. The van der Waals surface area contributed by atoms with Crippen molar-refractivity contribution in [2.24, 2.45) is 0 Å². The van der Waals surface area contributed by atoms with Crippen LogP contribution in [0.2, 0.25) is 0 Å². The van der Waals surface area contributed by atoms with Crippen LogP contribution in [0.4, 0.5) is 5.69 Å². The number of carbonyl (C=O) groups is 2. The number of carbonyl (C=O) groups excluding carboxylic acids is 2. The summed E-state index contributed by atoms with van der Waals surface area (Å²) in [6.07, 6.45) is 0.0789. The Hall–Kier alpha value is -3.16. The van der Waals surface area contributed by atoms with E-state index in [9.17, 15) is 9.59 Å². The van der Waals surface area contributed by atoms with Crippen LogP contribution in [0.25, 0.3) is 5.57 Å². The predicted molar refractivity (Wildman–Crippen MR) is 123 cm³/mol. The Bertz CT molecular complexity index is 980. The van der Waals surface area contributed by atoms with E-state index in [4.69, 9.17) is 9.47 Å². The van der Waals surface area contributed by atoms with E-state index in [0.29, 0.717) is 37.6 Å². The van der Waals surface area contributed by atoms with Gasteiger partial charge in [-0.2, -0.15) is 0 Å². The van der Waals surface area contributed by atoms with Gasteiger partial charge < -0.3 is 14.8 Å². The second-order valence-electron chi connectivity index (χ2n) is 8.15. The van der Waals surface area contributed by atoms with Gasteiger partial charge in [0, 0.05) is 31.9 Å². The van der Waals surface area contributed by atoms with Crippen LogP contribution in [0, 0.1) is 0 Å². The average molecular weight is 436 g/mol. The molecule has 0 saturated carbocycles. The van der Waals surface area contributed by atoms with Crippen LogP contribution in [0.15, 0.2) is 60.3 Å². The molecule has 0 spiro atoms. The van der Waals surface area contributed by atoms with Crippen molar-refractivity contribution in [3.8, 4) is 5.75 Å². The fourth-order valence-corrected chi connectivity index (χ4v) is 3.87. The van der Waals surface area contributed by atoms with Crippen LogP contribution in [-0.2, 0) is 14.3 Å². The van der Waals surface area contributed by atoms with Crippen LogP contribution in [-0.4, -0.2) is 67.1 Å². The molecule has 0 radical (unpaired) electrons. The van der Waals surface area contributed by atoms with Crippen molar-refractivity contribution in [3.05, 3.63) is 65.9 Å². The number of imide groups is 1. The lowest BCUT2D eigenvalue weighted by atomic mass is 10.0. The number of hydrogen-bond donors (Lipinski definition) is 1. The summed E-state index contributed by atoms with van der Waals surface area (Å²) < 4.78 is 11.1. The van der Waals surface area contributed by atoms with Gasteiger partial charge in [0.15, 0.2) is 0 Å². The van der Waals surface area contributed by atoms with Gasteiger partial charge in [0.05, 0.1) is 24.9 Å². The molecule has 32 heavy (non-hydrogen) atoms. The molecule has 1 N–H and O–H groups in total. The first kappa shape index (κ1) is 22.0. The number of rotatable bonds is 8. The third kappa shape index (κ3) is 5.00. The lowest BCUT2D eigenvalue weighted by Gasteiger charge is -2.28. The van der Waals surface area contributed by atoms with Crippen LogP contribution >= 0.6 is 0 Å². The molecule has 2 heterocycles. The monoisotopic (exact) mass is 435 g/mol. The number of anilines is 1. The molecule has 7 heteroatoms. The first-order valence-corrected chi connectivity index (χ1v) is 11.0. The summed E-state index contributed by atoms with van der Waals surface area (Å²) >= 11 is 0. The van der Waals surface area contributed by atoms with Gasteiger partial charge in [-0.1, -0.05) is 30.3 Å². The molecule has 2 amide bonds. The number of amides is 2. The summed E-state index contributed by atoms with van der Waals surface area (Å²) in [7, 11) is 0. The second kappa shape index (κ2) is 9.97. The lowest BCUT2D eigenvalue weighted by molar-refractivity contribution is -0.137. The van der Waals surface area contributed by atoms with Crippen LogP contribution in [0.5, 0.6) is 5.75 Å². The second-order valence-corrected chi connectivity index (χ2v) is 8.15. The Morgan fingerprint density at radius 1 is 0.938 bits per heavy atom. The molecular formula is C25H29N3O4. The Balaban J connectivity index is 1.56. The first-order chi connectivity index (χ1) is 15.5. The fourth-order valence-electron chi connectivity index (χ4n) is 3.87. The average Bonchev–Trinajstić information content (AvgIpc) is 3.03. The molecule has 7 nitrogen and oxygen atoms in total. The van der Waals surface area contributed by atoms with Gasteiger partial charge in [-0.3, -0.25) is 19.4 Å². The zero-order valence-electron chi connectivity index (χ0n) is 18.5. The van der Waals surface area contributed by atoms with Crippen molar-refractivity contribution in [1.82, 2.24) is 9.80 Å². The van der Waals surface area contributed by atoms with Crippen LogP contribution in [0.3, 0.4) is 0 Å². The summed E-state index contributed by atoms with van der Waals surface area (Å²) in [4.78, 5) is 30.2. The van der Waals surface area contributed by atoms with E-state index in [-0.39, 0.29) is 17.9 Å². The summed E-state index contributed by atoms with van der Waals surface area (Å²) in [5.74, 6) is 0.185. The van der Waals surface area contributed by atoms with E-state index >= 15 is 0 Å². The number of nitrogens with one attached hydrogen (secondary N) is 1. The topological polar surface area (TPSA) is 71.1 Å². The highest BCUT2D eigenvalue weighted by Crippen LogP contribution is 2.30. The molecule has 0 aromatic heterocycles. The normalized spacial score (nSPS) is 17.4. The van der Waals surface area contributed by atoms with Gasteiger partial charge in [-0.05, 0) is 43.7 Å². The van der Waals surface area contributed by atoms with E-state index < -0.39 is 0 Å². The molecule has 0 aliphatic carbocycles. The third-order valence-corrected chi connectivity index (χ3v) is 5.47. The zero-order chi connectivity index (χ0) is 22.5. The third-order valence-electron chi connectivity index (χ3n) is 5.47. The maximum absolute atomic E-state index is 13.3. The van der Waals surface area contributed by atoms with E-state index in [0.717, 1.165) is 30.1 Å². The molecule has 168 valence electrons. The van der Waals surface area contributed by atoms with Crippen molar-refractivity contribution in [2.75, 3.05) is 44.7 Å². The highest BCUT2D eigenvalue weighted by atomic mass is 16.5. The van der Waals surface area contributed by atoms with Crippen molar-refractivity contribution in [1.29, 1.82) is 0 Å². The summed E-state index contributed by atoms with van der Waals surface area (Å²) in [5, 5.41) is 3.20. The summed E-state index contributed by atoms with van der Waals surface area (Å²) in [6.45, 7) is 7.90. The van der Waals surface area contributed by atoms with Crippen molar-refractivity contribution in [3.63, 3.8) is 0 Å². The molecule has 2 aromatic rings. The Morgan fingerprint density at radius 3 is 2.28 bits per heavy atom. The lowest BCUT2D eigenvalue weighted by Crippen LogP contribution is -2.43. The van der Waals surface area contributed by atoms with E-state index in [1.165, 1.54) is 4.90 Å². The SMILES string of the molecule is CC(C)Oc1ccc(NC2=C(c3ccccc3)C(=O)N(CCN3CCOCC3)C2=O)cc1. The number of nitrogens with zero attached hydrogens (tertiary/aromatic N) is 2. The minimum atomic E-state index is -0.301. The number of morpholine rings is 1. The Labute approximate surface area is 188 Å². The minimum Gasteiger partial charge on any atom is -0.491 e. The first-order valence-electron chi connectivity index (χ1n) is 11.0. The molecule has 1 saturated heterocycles. The molecule has 0 atom stereocenters. The minimum absolute atomic E-state index is 0.0789. The molecule has 0 unspecified atom stereocenters. The van der Waals surface area contributed by atoms with E-state index in [2.05, 4.69) is 10.2 Å². The van der Waals surface area contributed by atoms with Gasteiger partial charge >= 0.3 is 0 Å². The van der Waals surface area contributed by atoms with Gasteiger partial charge in [-0.15, -0.1) is 0 Å².